The van der Waals surface area contributed by atoms with E-state index < -0.39 is 0 Å². The van der Waals surface area contributed by atoms with Gasteiger partial charge in [0.15, 0.2) is 0 Å². The third kappa shape index (κ3) is 6.79. The minimum Gasteiger partial charge on any atom is -0.409 e. The zero-order valence-electron chi connectivity index (χ0n) is 12.8. The summed E-state index contributed by atoms with van der Waals surface area (Å²) in [6.07, 6.45) is 1.60. The molecule has 0 unspecified atom stereocenters. The number of aryl methyl sites for hydroxylation is 1. The van der Waals surface area contributed by atoms with E-state index in [0.29, 0.717) is 31.8 Å². The average Bonchev–Trinajstić information content (AvgIpc) is 2.49. The van der Waals surface area contributed by atoms with Gasteiger partial charge in [-0.3, -0.25) is 4.79 Å². The molecule has 0 saturated carbocycles. The highest BCUT2D eigenvalue weighted by molar-refractivity contribution is 5.81. The predicted molar refractivity (Wildman–Crippen MR) is 84.2 cm³/mol. The van der Waals surface area contributed by atoms with Crippen LogP contribution in [0.25, 0.3) is 0 Å². The molecule has 0 saturated heterocycles. The second-order valence-corrected chi connectivity index (χ2v) is 5.56. The first-order chi connectivity index (χ1) is 10.0. The fourth-order valence-corrected chi connectivity index (χ4v) is 2.11. The van der Waals surface area contributed by atoms with E-state index in [2.05, 4.69) is 19.0 Å². The molecule has 0 radical (unpaired) electrons. The summed E-state index contributed by atoms with van der Waals surface area (Å²) in [4.78, 5) is 14.1. The Morgan fingerprint density at radius 2 is 1.95 bits per heavy atom. The van der Waals surface area contributed by atoms with Gasteiger partial charge >= 0.3 is 0 Å². The number of oxime groups is 1. The summed E-state index contributed by atoms with van der Waals surface area (Å²) in [5, 5.41) is 11.5. The van der Waals surface area contributed by atoms with Crippen LogP contribution < -0.4 is 5.73 Å². The van der Waals surface area contributed by atoms with Gasteiger partial charge in [0.05, 0.1) is 0 Å². The summed E-state index contributed by atoms with van der Waals surface area (Å²) in [5.74, 6) is 0.649. The molecule has 0 atom stereocenters. The smallest absolute Gasteiger partial charge is 0.222 e. The van der Waals surface area contributed by atoms with Gasteiger partial charge in [-0.1, -0.05) is 49.3 Å². The molecule has 1 aromatic carbocycles. The molecule has 0 heterocycles. The van der Waals surface area contributed by atoms with Crippen LogP contribution in [0, 0.1) is 5.92 Å². The minimum absolute atomic E-state index is 0.110. The molecule has 1 aromatic rings. The van der Waals surface area contributed by atoms with Gasteiger partial charge < -0.3 is 15.8 Å². The first kappa shape index (κ1) is 17.0. The topological polar surface area (TPSA) is 78.9 Å². The van der Waals surface area contributed by atoms with Crippen LogP contribution in [0.1, 0.15) is 32.3 Å². The lowest BCUT2D eigenvalue weighted by atomic mass is 10.1. The highest BCUT2D eigenvalue weighted by Gasteiger charge is 2.15. The first-order valence-corrected chi connectivity index (χ1v) is 7.31. The van der Waals surface area contributed by atoms with E-state index in [4.69, 9.17) is 10.9 Å². The third-order valence-corrected chi connectivity index (χ3v) is 3.17. The Labute approximate surface area is 126 Å². The maximum Gasteiger partial charge on any atom is 0.222 e. The van der Waals surface area contributed by atoms with Crippen molar-refractivity contribution in [1.29, 1.82) is 0 Å². The molecule has 5 nitrogen and oxygen atoms in total. The molecule has 0 fully saturated rings. The van der Waals surface area contributed by atoms with Crippen LogP contribution >= 0.6 is 0 Å². The molecule has 0 aliphatic rings. The lowest BCUT2D eigenvalue weighted by Crippen LogP contribution is -2.36. The number of hydrogen-bond acceptors (Lipinski definition) is 3. The van der Waals surface area contributed by atoms with Crippen molar-refractivity contribution in [1.82, 2.24) is 4.90 Å². The number of nitrogens with zero attached hydrogens (tertiary/aromatic N) is 2. The Bertz CT molecular complexity index is 458. The van der Waals surface area contributed by atoms with Crippen molar-refractivity contribution in [2.45, 2.75) is 33.1 Å². The van der Waals surface area contributed by atoms with Crippen LogP contribution in [-0.2, 0) is 11.2 Å². The fraction of sp³-hybridized carbons (Fsp3) is 0.500. The number of carbonyl (C=O) groups is 1. The number of nitrogens with two attached hydrogens (primary N) is 1. The molecule has 0 aromatic heterocycles. The van der Waals surface area contributed by atoms with Crippen molar-refractivity contribution in [2.24, 2.45) is 16.8 Å². The molecule has 1 rings (SSSR count). The molecule has 0 bridgehead atoms. The molecule has 0 aliphatic heterocycles. The van der Waals surface area contributed by atoms with Crippen LogP contribution in [0.3, 0.4) is 0 Å². The summed E-state index contributed by atoms with van der Waals surface area (Å²) in [6, 6.07) is 9.97. The maximum absolute atomic E-state index is 12.3. The first-order valence-electron chi connectivity index (χ1n) is 7.31. The lowest BCUT2D eigenvalue weighted by Gasteiger charge is -2.24. The summed E-state index contributed by atoms with van der Waals surface area (Å²) >= 11 is 0. The monoisotopic (exact) mass is 291 g/mol. The lowest BCUT2D eigenvalue weighted by molar-refractivity contribution is -0.131. The Morgan fingerprint density at radius 3 is 2.52 bits per heavy atom. The standard InChI is InChI=1S/C16H25N3O2/c1-13(2)12-19(11-10-15(17)18-21)16(20)9-8-14-6-4-3-5-7-14/h3-7,13,21H,8-12H2,1-2H3,(H2,17,18). The second kappa shape index (κ2) is 9.00. The highest BCUT2D eigenvalue weighted by atomic mass is 16.4. The number of hydrogen-bond donors (Lipinski definition) is 2. The van der Waals surface area contributed by atoms with Crippen molar-refractivity contribution in [3.05, 3.63) is 35.9 Å². The van der Waals surface area contributed by atoms with Crippen molar-refractivity contribution in [2.75, 3.05) is 13.1 Å². The van der Waals surface area contributed by atoms with Gasteiger partial charge in [-0.05, 0) is 17.9 Å². The van der Waals surface area contributed by atoms with Crippen LogP contribution in [0.2, 0.25) is 0 Å². The van der Waals surface area contributed by atoms with Crippen molar-refractivity contribution in [3.8, 4) is 0 Å². The summed E-state index contributed by atoms with van der Waals surface area (Å²) in [7, 11) is 0. The molecule has 3 N–H and O–H groups in total. The Kier molecular flexibility index (Phi) is 7.29. The predicted octanol–water partition coefficient (Wildman–Crippen LogP) is 2.24. The Morgan fingerprint density at radius 1 is 1.29 bits per heavy atom. The van der Waals surface area contributed by atoms with E-state index in [9.17, 15) is 4.79 Å². The zero-order chi connectivity index (χ0) is 15.7. The average molecular weight is 291 g/mol. The number of rotatable bonds is 8. The fourth-order valence-electron chi connectivity index (χ4n) is 2.11. The van der Waals surface area contributed by atoms with E-state index in [-0.39, 0.29) is 11.7 Å². The van der Waals surface area contributed by atoms with Gasteiger partial charge in [-0.15, -0.1) is 0 Å². The van der Waals surface area contributed by atoms with Gasteiger partial charge in [0.1, 0.15) is 5.84 Å². The van der Waals surface area contributed by atoms with E-state index in [0.717, 1.165) is 12.0 Å². The second-order valence-electron chi connectivity index (χ2n) is 5.56. The summed E-state index contributed by atoms with van der Waals surface area (Å²) in [6.45, 7) is 5.32. The maximum atomic E-state index is 12.3. The molecular weight excluding hydrogens is 266 g/mol. The van der Waals surface area contributed by atoms with Gasteiger partial charge in [0.25, 0.3) is 0 Å². The molecule has 1 amide bonds. The molecule has 116 valence electrons. The van der Waals surface area contributed by atoms with Crippen molar-refractivity contribution < 1.29 is 10.0 Å². The molecular formula is C16H25N3O2. The van der Waals surface area contributed by atoms with Gasteiger partial charge in [-0.25, -0.2) is 0 Å². The van der Waals surface area contributed by atoms with E-state index in [1.165, 1.54) is 0 Å². The van der Waals surface area contributed by atoms with Crippen LogP contribution in [-0.4, -0.2) is 34.9 Å². The van der Waals surface area contributed by atoms with Crippen LogP contribution in [0.15, 0.2) is 35.5 Å². The molecule has 0 spiro atoms. The molecule has 21 heavy (non-hydrogen) atoms. The minimum atomic E-state index is 0.110. The Balaban J connectivity index is 2.54. The van der Waals surface area contributed by atoms with Crippen LogP contribution in [0.4, 0.5) is 0 Å². The highest BCUT2D eigenvalue weighted by Crippen LogP contribution is 2.07. The largest absolute Gasteiger partial charge is 0.409 e. The number of carbonyl (C=O) groups excluding carboxylic acids is 1. The normalized spacial score (nSPS) is 11.7. The van der Waals surface area contributed by atoms with E-state index in [1.807, 2.05) is 30.3 Å². The van der Waals surface area contributed by atoms with Crippen molar-refractivity contribution in [3.63, 3.8) is 0 Å². The summed E-state index contributed by atoms with van der Waals surface area (Å²) < 4.78 is 0. The third-order valence-electron chi connectivity index (χ3n) is 3.17. The number of amidine groups is 1. The van der Waals surface area contributed by atoms with E-state index >= 15 is 0 Å². The zero-order valence-corrected chi connectivity index (χ0v) is 12.8. The molecule has 0 aliphatic carbocycles. The quantitative estimate of drug-likeness (QED) is 0.334. The number of benzene rings is 1. The van der Waals surface area contributed by atoms with Crippen LogP contribution in [0.5, 0.6) is 0 Å². The van der Waals surface area contributed by atoms with Gasteiger partial charge in [-0.2, -0.15) is 0 Å². The van der Waals surface area contributed by atoms with E-state index in [1.54, 1.807) is 4.90 Å². The SMILES string of the molecule is CC(C)CN(CCC(N)=NO)C(=O)CCc1ccccc1. The van der Waals surface area contributed by atoms with Crippen molar-refractivity contribution >= 4 is 11.7 Å². The van der Waals surface area contributed by atoms with Gasteiger partial charge in [0.2, 0.25) is 5.91 Å². The molecule has 5 heteroatoms. The summed E-state index contributed by atoms with van der Waals surface area (Å²) in [5.41, 5.74) is 6.64. The number of amides is 1. The van der Waals surface area contributed by atoms with Gasteiger partial charge in [0, 0.05) is 25.9 Å². The Hall–Kier alpha value is -2.04.